The second-order valence-corrected chi connectivity index (χ2v) is 7.73. The maximum Gasteiger partial charge on any atom is 0.335 e. The van der Waals surface area contributed by atoms with E-state index in [4.69, 9.17) is 5.11 Å². The molecule has 0 radical (unpaired) electrons. The van der Waals surface area contributed by atoms with Gasteiger partial charge in [-0.3, -0.25) is 4.21 Å². The van der Waals surface area contributed by atoms with Gasteiger partial charge < -0.3 is 5.11 Å². The monoisotopic (exact) mass is 318 g/mol. The lowest BCUT2D eigenvalue weighted by Gasteiger charge is -2.08. The Morgan fingerprint density at radius 2 is 2.05 bits per heavy atom. The first-order valence-corrected chi connectivity index (χ1v) is 8.79. The molecule has 0 aliphatic carbocycles. The van der Waals surface area contributed by atoms with Gasteiger partial charge in [0.15, 0.2) is 0 Å². The van der Waals surface area contributed by atoms with Crippen LogP contribution in [0, 0.1) is 0 Å². The largest absolute Gasteiger partial charge is 0.478 e. The van der Waals surface area contributed by atoms with Crippen molar-refractivity contribution in [3.63, 3.8) is 0 Å². The summed E-state index contributed by atoms with van der Waals surface area (Å²) in [5.41, 5.74) is 1.49. The summed E-state index contributed by atoms with van der Waals surface area (Å²) in [5, 5.41) is 9.28. The Morgan fingerprint density at radius 1 is 1.24 bits per heavy atom. The lowest BCUT2D eigenvalue weighted by atomic mass is 10.1. The van der Waals surface area contributed by atoms with Crippen LogP contribution in [0.3, 0.4) is 0 Å². The summed E-state index contributed by atoms with van der Waals surface area (Å²) in [4.78, 5) is 12.8. The van der Waals surface area contributed by atoms with Crippen molar-refractivity contribution in [2.75, 3.05) is 5.75 Å². The van der Waals surface area contributed by atoms with Crippen LogP contribution < -0.4 is 0 Å². The van der Waals surface area contributed by atoms with Crippen LogP contribution >= 0.6 is 11.8 Å². The van der Waals surface area contributed by atoms with E-state index < -0.39 is 16.8 Å². The Morgan fingerprint density at radius 3 is 2.81 bits per heavy atom. The zero-order chi connectivity index (χ0) is 14.8. The molecule has 0 spiro atoms. The molecule has 0 bridgehead atoms. The molecule has 2 aromatic rings. The fourth-order valence-corrected chi connectivity index (χ4v) is 5.24. The second kappa shape index (κ2) is 6.03. The number of benzene rings is 2. The molecule has 0 saturated heterocycles. The molecule has 1 aliphatic heterocycles. The van der Waals surface area contributed by atoms with E-state index in [1.807, 2.05) is 12.1 Å². The second-order valence-electron chi connectivity index (χ2n) is 4.90. The first kappa shape index (κ1) is 14.4. The normalized spacial score (nSPS) is 18.2. The fourth-order valence-electron chi connectivity index (χ4n) is 2.38. The highest BCUT2D eigenvalue weighted by molar-refractivity contribution is 8.01. The number of carboxylic acid groups (broad SMARTS) is 1. The van der Waals surface area contributed by atoms with E-state index in [1.165, 1.54) is 22.6 Å². The van der Waals surface area contributed by atoms with Gasteiger partial charge in [0, 0.05) is 20.8 Å². The summed E-state index contributed by atoms with van der Waals surface area (Å²) in [6.45, 7) is 0. The number of hydrogen-bond donors (Lipinski definition) is 1. The molecular formula is C16H14O3S2. The number of carbonyl (C=O) groups is 1. The van der Waals surface area contributed by atoms with Crippen molar-refractivity contribution in [1.29, 1.82) is 0 Å². The standard InChI is InChI=1S/C16H14O3S2/c17-16(18)12-5-3-6-14(9-12)21(19)10-13-8-11-4-1-2-7-15(11)20-13/h1-7,9,13H,8,10H2,(H,17,18). The van der Waals surface area contributed by atoms with E-state index >= 15 is 0 Å². The van der Waals surface area contributed by atoms with E-state index in [1.54, 1.807) is 23.9 Å². The topological polar surface area (TPSA) is 54.4 Å². The summed E-state index contributed by atoms with van der Waals surface area (Å²) >= 11 is 1.76. The first-order chi connectivity index (χ1) is 10.1. The highest BCUT2D eigenvalue weighted by Gasteiger charge is 2.24. The predicted molar refractivity (Wildman–Crippen MR) is 84.5 cm³/mol. The highest BCUT2D eigenvalue weighted by Crippen LogP contribution is 2.37. The van der Waals surface area contributed by atoms with Crippen molar-refractivity contribution in [2.45, 2.75) is 21.5 Å². The van der Waals surface area contributed by atoms with Crippen LogP contribution in [0.25, 0.3) is 0 Å². The number of fused-ring (bicyclic) bond motifs is 1. The molecule has 0 fully saturated rings. The smallest absolute Gasteiger partial charge is 0.335 e. The summed E-state index contributed by atoms with van der Waals surface area (Å²) in [6, 6.07) is 14.6. The third-order valence-electron chi connectivity index (χ3n) is 3.39. The SMILES string of the molecule is O=C(O)c1cccc(S(=O)CC2Cc3ccccc3S2)c1. The van der Waals surface area contributed by atoms with Gasteiger partial charge in [-0.1, -0.05) is 24.3 Å². The van der Waals surface area contributed by atoms with E-state index in [-0.39, 0.29) is 10.8 Å². The molecule has 108 valence electrons. The van der Waals surface area contributed by atoms with Crippen molar-refractivity contribution < 1.29 is 14.1 Å². The van der Waals surface area contributed by atoms with Gasteiger partial charge in [-0.25, -0.2) is 4.79 Å². The molecule has 1 heterocycles. The lowest BCUT2D eigenvalue weighted by Crippen LogP contribution is -2.13. The molecular weight excluding hydrogens is 304 g/mol. The molecule has 0 saturated carbocycles. The van der Waals surface area contributed by atoms with Gasteiger partial charge in [0.25, 0.3) is 0 Å². The summed E-state index contributed by atoms with van der Waals surface area (Å²) in [6.07, 6.45) is 0.922. The predicted octanol–water partition coefficient (Wildman–Crippen LogP) is 3.21. The Hall–Kier alpha value is -1.59. The van der Waals surface area contributed by atoms with Gasteiger partial charge in [-0.05, 0) is 36.2 Å². The Kier molecular flexibility index (Phi) is 4.12. The molecule has 2 unspecified atom stereocenters. The molecule has 0 amide bonds. The van der Waals surface area contributed by atoms with Gasteiger partial charge in [0.1, 0.15) is 0 Å². The molecule has 2 aromatic carbocycles. The number of hydrogen-bond acceptors (Lipinski definition) is 3. The summed E-state index contributed by atoms with van der Waals surface area (Å²) in [5.74, 6) is -0.445. The average Bonchev–Trinajstić information content (AvgIpc) is 2.89. The van der Waals surface area contributed by atoms with Crippen molar-refractivity contribution in [1.82, 2.24) is 0 Å². The van der Waals surface area contributed by atoms with Crippen molar-refractivity contribution in [2.24, 2.45) is 0 Å². The van der Waals surface area contributed by atoms with Gasteiger partial charge in [0.2, 0.25) is 0 Å². The third-order valence-corrected chi connectivity index (χ3v) is 6.41. The third kappa shape index (κ3) is 3.19. The maximum atomic E-state index is 12.4. The molecule has 0 aromatic heterocycles. The molecule has 3 nitrogen and oxygen atoms in total. The lowest BCUT2D eigenvalue weighted by molar-refractivity contribution is 0.0696. The van der Waals surface area contributed by atoms with Crippen LogP contribution in [-0.4, -0.2) is 26.3 Å². The average molecular weight is 318 g/mol. The quantitative estimate of drug-likeness (QED) is 0.940. The summed E-state index contributed by atoms with van der Waals surface area (Å²) < 4.78 is 12.4. The van der Waals surface area contributed by atoms with E-state index in [0.717, 1.165) is 6.42 Å². The minimum absolute atomic E-state index is 0.184. The van der Waals surface area contributed by atoms with E-state index in [9.17, 15) is 9.00 Å². The highest BCUT2D eigenvalue weighted by atomic mass is 32.2. The minimum atomic E-state index is -1.17. The maximum absolute atomic E-state index is 12.4. The zero-order valence-electron chi connectivity index (χ0n) is 11.2. The Labute approximate surface area is 129 Å². The van der Waals surface area contributed by atoms with Gasteiger partial charge in [-0.15, -0.1) is 11.8 Å². The molecule has 21 heavy (non-hydrogen) atoms. The van der Waals surface area contributed by atoms with Crippen LogP contribution in [0.1, 0.15) is 15.9 Å². The number of thioether (sulfide) groups is 1. The first-order valence-electron chi connectivity index (χ1n) is 6.60. The van der Waals surface area contributed by atoms with Gasteiger partial charge in [0.05, 0.1) is 16.4 Å². The molecule has 2 atom stereocenters. The van der Waals surface area contributed by atoms with E-state index in [2.05, 4.69) is 12.1 Å². The van der Waals surface area contributed by atoms with Crippen molar-refractivity contribution in [3.8, 4) is 0 Å². The molecule has 1 N–H and O–H groups in total. The molecule has 3 rings (SSSR count). The van der Waals surface area contributed by atoms with Crippen molar-refractivity contribution in [3.05, 3.63) is 59.7 Å². The summed E-state index contributed by atoms with van der Waals surface area (Å²) in [7, 11) is -1.17. The van der Waals surface area contributed by atoms with Crippen LogP contribution in [0.5, 0.6) is 0 Å². The van der Waals surface area contributed by atoms with Crippen LogP contribution in [0.15, 0.2) is 58.3 Å². The number of carboxylic acids is 1. The Bertz CT molecular complexity index is 687. The molecule has 1 aliphatic rings. The molecule has 5 heteroatoms. The Balaban J connectivity index is 1.71. The number of aromatic carboxylic acids is 1. The van der Waals surface area contributed by atoms with E-state index in [0.29, 0.717) is 10.6 Å². The zero-order valence-corrected chi connectivity index (χ0v) is 12.8. The minimum Gasteiger partial charge on any atom is -0.478 e. The fraction of sp³-hybridized carbons (Fsp3) is 0.188. The van der Waals surface area contributed by atoms with Crippen LogP contribution in [0.2, 0.25) is 0 Å². The van der Waals surface area contributed by atoms with Crippen molar-refractivity contribution >= 4 is 28.5 Å². The van der Waals surface area contributed by atoms with Crippen LogP contribution in [0.4, 0.5) is 0 Å². The number of rotatable bonds is 4. The van der Waals surface area contributed by atoms with Crippen LogP contribution in [-0.2, 0) is 17.2 Å². The van der Waals surface area contributed by atoms with Gasteiger partial charge >= 0.3 is 5.97 Å². The van der Waals surface area contributed by atoms with Gasteiger partial charge in [-0.2, -0.15) is 0 Å².